The van der Waals surface area contributed by atoms with Crippen molar-refractivity contribution in [3.05, 3.63) is 36.4 Å². The Bertz CT molecular complexity index is 570. The van der Waals surface area contributed by atoms with E-state index in [2.05, 4.69) is 0 Å². The Labute approximate surface area is 112 Å². The van der Waals surface area contributed by atoms with Gasteiger partial charge < -0.3 is 9.47 Å². The number of carbonyl (C=O) groups excluding carboxylic acids is 2. The Morgan fingerprint density at radius 1 is 0.778 bits per heavy atom. The monoisotopic (exact) mass is 284 g/mol. The zero-order valence-corrected chi connectivity index (χ0v) is 10.4. The Kier molecular flexibility index (Phi) is 3.69. The quantitative estimate of drug-likeness (QED) is 0.771. The summed E-state index contributed by atoms with van der Waals surface area (Å²) in [5.74, 6) is 0.556. The average molecular weight is 285 g/mol. The Morgan fingerprint density at radius 3 is 1.50 bits per heavy atom. The number of fused-ring (bicyclic) bond motifs is 1. The van der Waals surface area contributed by atoms with E-state index >= 15 is 0 Å². The van der Waals surface area contributed by atoms with Crippen molar-refractivity contribution in [1.82, 2.24) is 0 Å². The van der Waals surface area contributed by atoms with Gasteiger partial charge in [0.25, 0.3) is 0 Å². The van der Waals surface area contributed by atoms with Gasteiger partial charge in [0.15, 0.2) is 0 Å². The van der Waals surface area contributed by atoms with Crippen LogP contribution in [0.4, 0.5) is 9.59 Å². The second kappa shape index (κ2) is 5.25. The average Bonchev–Trinajstić information content (AvgIpc) is 2.31. The van der Waals surface area contributed by atoms with Crippen LogP contribution in [0, 0.1) is 0 Å². The second-order valence-corrected chi connectivity index (χ2v) is 3.90. The number of halogens is 2. The van der Waals surface area contributed by atoms with Crippen LogP contribution in [0.2, 0.25) is 0 Å². The van der Waals surface area contributed by atoms with Crippen LogP contribution in [0.3, 0.4) is 0 Å². The van der Waals surface area contributed by atoms with E-state index in [0.29, 0.717) is 10.8 Å². The molecule has 0 fully saturated rings. The summed E-state index contributed by atoms with van der Waals surface area (Å²) in [6.07, 6.45) is 0. The standard InChI is InChI=1S/C12H6Cl2O4/c13-11(15)17-9-5-6-10(18-12(14)16)8-4-2-1-3-7(8)9/h1-6H. The van der Waals surface area contributed by atoms with Crippen LogP contribution < -0.4 is 9.47 Å². The molecule has 0 unspecified atom stereocenters. The molecule has 0 saturated heterocycles. The fourth-order valence-electron chi connectivity index (χ4n) is 1.59. The predicted molar refractivity (Wildman–Crippen MR) is 67.7 cm³/mol. The maximum absolute atomic E-state index is 10.8. The molecule has 0 aliphatic carbocycles. The van der Waals surface area contributed by atoms with Gasteiger partial charge in [0, 0.05) is 34.0 Å². The van der Waals surface area contributed by atoms with Gasteiger partial charge >= 0.3 is 10.9 Å². The lowest BCUT2D eigenvalue weighted by atomic mass is 10.1. The molecule has 2 aromatic carbocycles. The molecule has 0 N–H and O–H groups in total. The van der Waals surface area contributed by atoms with E-state index in [0.717, 1.165) is 0 Å². The van der Waals surface area contributed by atoms with Crippen LogP contribution in [0.1, 0.15) is 0 Å². The summed E-state index contributed by atoms with van der Waals surface area (Å²) in [4.78, 5) is 21.5. The largest absolute Gasteiger partial charge is 0.414 e. The van der Waals surface area contributed by atoms with Crippen LogP contribution in [0.25, 0.3) is 10.8 Å². The first-order valence-corrected chi connectivity index (χ1v) is 5.60. The Hall–Kier alpha value is -1.78. The molecule has 0 heterocycles. The molecule has 18 heavy (non-hydrogen) atoms. The molecule has 2 aromatic rings. The molecule has 0 saturated carbocycles. The van der Waals surface area contributed by atoms with Crippen LogP contribution >= 0.6 is 23.2 Å². The lowest BCUT2D eigenvalue weighted by molar-refractivity contribution is 0.224. The number of rotatable bonds is 2. The van der Waals surface area contributed by atoms with E-state index in [1.54, 1.807) is 24.3 Å². The van der Waals surface area contributed by atoms with E-state index in [-0.39, 0.29) is 11.5 Å². The SMILES string of the molecule is O=C(Cl)Oc1ccc(OC(=O)Cl)c2ccccc12. The summed E-state index contributed by atoms with van der Waals surface area (Å²) in [7, 11) is 0. The van der Waals surface area contributed by atoms with Crippen LogP contribution in [0.5, 0.6) is 11.5 Å². The molecule has 0 aliphatic rings. The normalized spacial score (nSPS) is 10.1. The van der Waals surface area contributed by atoms with Gasteiger partial charge in [-0.1, -0.05) is 24.3 Å². The molecule has 0 atom stereocenters. The third kappa shape index (κ3) is 2.72. The molecule has 0 bridgehead atoms. The third-order valence-electron chi connectivity index (χ3n) is 2.22. The molecular formula is C12H6Cl2O4. The summed E-state index contributed by atoms with van der Waals surface area (Å²) in [5.41, 5.74) is -1.88. The summed E-state index contributed by atoms with van der Waals surface area (Å²) >= 11 is 10.3. The van der Waals surface area contributed by atoms with Crippen LogP contribution in [-0.2, 0) is 0 Å². The fourth-order valence-corrected chi connectivity index (χ4v) is 1.76. The van der Waals surface area contributed by atoms with Crippen molar-refractivity contribution >= 4 is 44.8 Å². The number of ether oxygens (including phenoxy) is 2. The zero-order valence-electron chi connectivity index (χ0n) is 8.85. The van der Waals surface area contributed by atoms with Gasteiger partial charge in [-0.25, -0.2) is 9.59 Å². The molecule has 0 aliphatic heterocycles. The number of hydrogen-bond acceptors (Lipinski definition) is 4. The molecule has 0 amide bonds. The molecule has 2 rings (SSSR count). The van der Waals surface area contributed by atoms with Gasteiger partial charge in [-0.05, 0) is 12.1 Å². The van der Waals surface area contributed by atoms with Crippen LogP contribution in [0.15, 0.2) is 36.4 Å². The van der Waals surface area contributed by atoms with Crippen molar-refractivity contribution in [3.63, 3.8) is 0 Å². The van der Waals surface area contributed by atoms with E-state index in [4.69, 9.17) is 32.7 Å². The van der Waals surface area contributed by atoms with E-state index < -0.39 is 10.9 Å². The van der Waals surface area contributed by atoms with E-state index in [1.165, 1.54) is 12.1 Å². The Morgan fingerprint density at radius 2 is 1.17 bits per heavy atom. The first-order valence-electron chi connectivity index (χ1n) is 4.84. The highest BCUT2D eigenvalue weighted by Gasteiger charge is 2.11. The summed E-state index contributed by atoms with van der Waals surface area (Å²) in [5, 5.41) is 1.17. The van der Waals surface area contributed by atoms with E-state index in [1.807, 2.05) is 0 Å². The van der Waals surface area contributed by atoms with Gasteiger partial charge in [0.1, 0.15) is 11.5 Å². The van der Waals surface area contributed by atoms with Crippen molar-refractivity contribution in [3.8, 4) is 11.5 Å². The third-order valence-corrected chi connectivity index (χ3v) is 2.38. The van der Waals surface area contributed by atoms with Crippen molar-refractivity contribution in [2.45, 2.75) is 0 Å². The summed E-state index contributed by atoms with van der Waals surface area (Å²) < 4.78 is 9.68. The van der Waals surface area contributed by atoms with Gasteiger partial charge in [-0.2, -0.15) is 0 Å². The first-order chi connectivity index (χ1) is 8.58. The van der Waals surface area contributed by atoms with Gasteiger partial charge in [-0.3, -0.25) is 0 Å². The van der Waals surface area contributed by atoms with Gasteiger partial charge in [0.05, 0.1) is 0 Å². The van der Waals surface area contributed by atoms with Crippen LogP contribution in [-0.4, -0.2) is 10.9 Å². The van der Waals surface area contributed by atoms with Crippen molar-refractivity contribution in [2.24, 2.45) is 0 Å². The molecule has 6 heteroatoms. The lowest BCUT2D eigenvalue weighted by Crippen LogP contribution is -2.00. The number of carbonyl (C=O) groups is 2. The maximum Gasteiger partial charge on any atom is 0.409 e. The second-order valence-electron chi connectivity index (χ2n) is 3.29. The molecule has 0 radical (unpaired) electrons. The molecule has 92 valence electrons. The highest BCUT2D eigenvalue weighted by Crippen LogP contribution is 2.33. The minimum absolute atomic E-state index is 0.278. The minimum atomic E-state index is -0.942. The maximum atomic E-state index is 10.8. The van der Waals surface area contributed by atoms with Crippen molar-refractivity contribution in [2.75, 3.05) is 0 Å². The zero-order chi connectivity index (χ0) is 13.1. The first kappa shape index (κ1) is 12.7. The Balaban J connectivity index is 2.58. The summed E-state index contributed by atoms with van der Waals surface area (Å²) in [6, 6.07) is 9.85. The number of benzene rings is 2. The molecule has 0 spiro atoms. The fraction of sp³-hybridized carbons (Fsp3) is 0. The molecule has 4 nitrogen and oxygen atoms in total. The molecule has 0 aromatic heterocycles. The van der Waals surface area contributed by atoms with Gasteiger partial charge in [-0.15, -0.1) is 0 Å². The van der Waals surface area contributed by atoms with Gasteiger partial charge in [0.2, 0.25) is 0 Å². The topological polar surface area (TPSA) is 52.6 Å². The highest BCUT2D eigenvalue weighted by molar-refractivity contribution is 6.61. The highest BCUT2D eigenvalue weighted by atomic mass is 35.5. The van der Waals surface area contributed by atoms with E-state index in [9.17, 15) is 9.59 Å². The lowest BCUT2D eigenvalue weighted by Gasteiger charge is -2.08. The van der Waals surface area contributed by atoms with Crippen molar-refractivity contribution < 1.29 is 19.1 Å². The summed E-state index contributed by atoms with van der Waals surface area (Å²) in [6.45, 7) is 0. The predicted octanol–water partition coefficient (Wildman–Crippen LogP) is 4.32. The smallest absolute Gasteiger partial charge is 0.409 e. The van der Waals surface area contributed by atoms with Crippen molar-refractivity contribution in [1.29, 1.82) is 0 Å². The number of hydrogen-bond donors (Lipinski definition) is 0. The molecular weight excluding hydrogens is 279 g/mol. The minimum Gasteiger partial charge on any atom is -0.414 e.